The number of thiophene rings is 1. The van der Waals surface area contributed by atoms with E-state index in [2.05, 4.69) is 0 Å². The molecule has 1 fully saturated rings. The maximum atomic E-state index is 12.6. The number of alkyl halides is 1. The van der Waals surface area contributed by atoms with E-state index < -0.39 is 0 Å². The number of benzene rings is 1. The normalized spacial score (nSPS) is 19.6. The molecule has 0 aliphatic carbocycles. The molecular weight excluding hydrogens is 249 g/mol. The number of halogens is 1. The zero-order valence-corrected chi connectivity index (χ0v) is 10.8. The zero-order valence-electron chi connectivity index (χ0n) is 9.93. The second-order valence-electron chi connectivity index (χ2n) is 4.71. The average molecular weight is 263 g/mol. The first-order valence-corrected chi connectivity index (χ1v) is 6.93. The van der Waals surface area contributed by atoms with E-state index in [1.165, 1.54) is 11.3 Å². The van der Waals surface area contributed by atoms with Crippen LogP contribution < -0.4 is 0 Å². The number of rotatable bonds is 2. The molecule has 1 unspecified atom stereocenters. The van der Waals surface area contributed by atoms with Crippen molar-refractivity contribution in [2.45, 2.75) is 6.42 Å². The maximum absolute atomic E-state index is 12.6. The molecular formula is C14H14FNOS. The fourth-order valence-corrected chi connectivity index (χ4v) is 3.42. The summed E-state index contributed by atoms with van der Waals surface area (Å²) in [5.41, 5.74) is 0. The molecule has 2 nitrogen and oxygen atoms in total. The van der Waals surface area contributed by atoms with Gasteiger partial charge in [-0.1, -0.05) is 18.2 Å². The summed E-state index contributed by atoms with van der Waals surface area (Å²) < 4.78 is 13.7. The molecule has 1 aliphatic rings. The van der Waals surface area contributed by atoms with Gasteiger partial charge in [-0.25, -0.2) is 0 Å². The van der Waals surface area contributed by atoms with Gasteiger partial charge in [0.25, 0.3) is 5.91 Å². The van der Waals surface area contributed by atoms with Crippen molar-refractivity contribution in [3.8, 4) is 0 Å². The standard InChI is InChI=1S/C14H14FNOS/c15-8-10-5-6-16(9-10)14(17)13-7-11-3-1-2-4-12(11)18-13/h1-4,7,10H,5-6,8-9H2. The van der Waals surface area contributed by atoms with E-state index in [1.807, 2.05) is 30.3 Å². The van der Waals surface area contributed by atoms with Crippen LogP contribution >= 0.6 is 11.3 Å². The molecule has 2 heterocycles. The van der Waals surface area contributed by atoms with Gasteiger partial charge in [-0.15, -0.1) is 11.3 Å². The van der Waals surface area contributed by atoms with Gasteiger partial charge in [-0.3, -0.25) is 9.18 Å². The number of fused-ring (bicyclic) bond motifs is 1. The third-order valence-corrected chi connectivity index (χ3v) is 4.53. The fourth-order valence-electron chi connectivity index (χ4n) is 2.39. The third kappa shape index (κ3) is 2.01. The molecule has 0 N–H and O–H groups in total. The van der Waals surface area contributed by atoms with Crippen molar-refractivity contribution in [3.63, 3.8) is 0 Å². The molecule has 1 aliphatic heterocycles. The zero-order chi connectivity index (χ0) is 12.5. The lowest BCUT2D eigenvalue weighted by atomic mass is 10.1. The first-order chi connectivity index (χ1) is 8.78. The summed E-state index contributed by atoms with van der Waals surface area (Å²) in [6.07, 6.45) is 0.785. The Labute approximate surface area is 109 Å². The summed E-state index contributed by atoms with van der Waals surface area (Å²) in [6.45, 7) is 0.918. The Morgan fingerprint density at radius 1 is 1.44 bits per heavy atom. The Morgan fingerprint density at radius 2 is 2.28 bits per heavy atom. The van der Waals surface area contributed by atoms with Gasteiger partial charge in [0.1, 0.15) is 0 Å². The van der Waals surface area contributed by atoms with Gasteiger partial charge in [-0.05, 0) is 23.9 Å². The molecule has 1 amide bonds. The van der Waals surface area contributed by atoms with Crippen molar-refractivity contribution >= 4 is 27.3 Å². The Bertz CT molecular complexity index is 547. The van der Waals surface area contributed by atoms with Crippen LogP contribution in [-0.4, -0.2) is 30.6 Å². The molecule has 0 spiro atoms. The Kier molecular flexibility index (Phi) is 3.04. The molecule has 18 heavy (non-hydrogen) atoms. The topological polar surface area (TPSA) is 20.3 Å². The lowest BCUT2D eigenvalue weighted by Gasteiger charge is -2.14. The summed E-state index contributed by atoms with van der Waals surface area (Å²) in [5.74, 6) is 0.0791. The van der Waals surface area contributed by atoms with Crippen LogP contribution in [-0.2, 0) is 0 Å². The van der Waals surface area contributed by atoms with Gasteiger partial charge in [0.05, 0.1) is 11.6 Å². The lowest BCUT2D eigenvalue weighted by molar-refractivity contribution is 0.0790. The minimum absolute atomic E-state index is 0.0309. The minimum atomic E-state index is -0.323. The van der Waals surface area contributed by atoms with Gasteiger partial charge >= 0.3 is 0 Å². The van der Waals surface area contributed by atoms with Gasteiger partial charge in [-0.2, -0.15) is 0 Å². The molecule has 4 heteroatoms. The van der Waals surface area contributed by atoms with Crippen LogP contribution in [0.5, 0.6) is 0 Å². The van der Waals surface area contributed by atoms with Gasteiger partial charge in [0, 0.05) is 23.7 Å². The summed E-state index contributed by atoms with van der Waals surface area (Å²) in [5, 5.41) is 1.10. The predicted molar refractivity (Wildman–Crippen MR) is 71.8 cm³/mol. The Hall–Kier alpha value is -1.42. The van der Waals surface area contributed by atoms with Crippen molar-refractivity contribution in [2.75, 3.05) is 19.8 Å². The molecule has 1 aromatic carbocycles. The highest BCUT2D eigenvalue weighted by Gasteiger charge is 2.27. The van der Waals surface area contributed by atoms with E-state index >= 15 is 0 Å². The second kappa shape index (κ2) is 4.69. The number of nitrogens with zero attached hydrogens (tertiary/aromatic N) is 1. The summed E-state index contributed by atoms with van der Waals surface area (Å²) in [4.78, 5) is 14.8. The van der Waals surface area contributed by atoms with Gasteiger partial charge in [0.2, 0.25) is 0 Å². The molecule has 3 rings (SSSR count). The molecule has 1 atom stereocenters. The molecule has 1 aromatic heterocycles. The highest BCUT2D eigenvalue weighted by Crippen LogP contribution is 2.28. The molecule has 0 saturated carbocycles. The van der Waals surface area contributed by atoms with Crippen LogP contribution in [0, 0.1) is 5.92 Å². The maximum Gasteiger partial charge on any atom is 0.263 e. The Balaban J connectivity index is 1.84. The fraction of sp³-hybridized carbons (Fsp3) is 0.357. The Morgan fingerprint density at radius 3 is 3.00 bits per heavy atom. The van der Waals surface area contributed by atoms with Crippen LogP contribution in [0.2, 0.25) is 0 Å². The number of hydrogen-bond donors (Lipinski definition) is 0. The average Bonchev–Trinajstić information content (AvgIpc) is 3.04. The first kappa shape index (κ1) is 11.7. The summed E-state index contributed by atoms with van der Waals surface area (Å²) in [6, 6.07) is 9.91. The molecule has 94 valence electrons. The molecule has 0 radical (unpaired) electrons. The highest BCUT2D eigenvalue weighted by molar-refractivity contribution is 7.20. The van der Waals surface area contributed by atoms with Crippen molar-refractivity contribution in [1.29, 1.82) is 0 Å². The van der Waals surface area contributed by atoms with Crippen molar-refractivity contribution in [1.82, 2.24) is 4.90 Å². The third-order valence-electron chi connectivity index (χ3n) is 3.43. The predicted octanol–water partition coefficient (Wildman–Crippen LogP) is 3.33. The van der Waals surface area contributed by atoms with Gasteiger partial charge < -0.3 is 4.90 Å². The van der Waals surface area contributed by atoms with Crippen molar-refractivity contribution in [3.05, 3.63) is 35.2 Å². The number of carbonyl (C=O) groups is 1. The quantitative estimate of drug-likeness (QED) is 0.814. The van der Waals surface area contributed by atoms with Crippen molar-refractivity contribution < 1.29 is 9.18 Å². The van der Waals surface area contributed by atoms with Crippen LogP contribution in [0.4, 0.5) is 4.39 Å². The minimum Gasteiger partial charge on any atom is -0.338 e. The van der Waals surface area contributed by atoms with E-state index in [9.17, 15) is 9.18 Å². The smallest absolute Gasteiger partial charge is 0.263 e. The summed E-state index contributed by atoms with van der Waals surface area (Å²) in [7, 11) is 0. The van der Waals surface area contributed by atoms with E-state index in [0.29, 0.717) is 13.1 Å². The second-order valence-corrected chi connectivity index (χ2v) is 5.79. The lowest BCUT2D eigenvalue weighted by Crippen LogP contribution is -2.28. The number of carbonyl (C=O) groups excluding carboxylic acids is 1. The van der Waals surface area contributed by atoms with Crippen LogP contribution in [0.3, 0.4) is 0 Å². The van der Waals surface area contributed by atoms with Gasteiger partial charge in [0.15, 0.2) is 0 Å². The molecule has 1 saturated heterocycles. The SMILES string of the molecule is O=C(c1cc2ccccc2s1)N1CCC(CF)C1. The highest BCUT2D eigenvalue weighted by atomic mass is 32.1. The van der Waals surface area contributed by atoms with E-state index in [1.54, 1.807) is 4.90 Å². The summed E-state index contributed by atoms with van der Waals surface area (Å²) >= 11 is 1.52. The van der Waals surface area contributed by atoms with Crippen LogP contribution in [0.1, 0.15) is 16.1 Å². The largest absolute Gasteiger partial charge is 0.338 e. The van der Waals surface area contributed by atoms with E-state index in [0.717, 1.165) is 21.4 Å². The van der Waals surface area contributed by atoms with Crippen LogP contribution in [0.15, 0.2) is 30.3 Å². The number of likely N-dealkylation sites (tertiary alicyclic amines) is 1. The molecule has 0 bridgehead atoms. The van der Waals surface area contributed by atoms with Crippen LogP contribution in [0.25, 0.3) is 10.1 Å². The first-order valence-electron chi connectivity index (χ1n) is 6.12. The number of hydrogen-bond acceptors (Lipinski definition) is 2. The number of amides is 1. The van der Waals surface area contributed by atoms with E-state index in [-0.39, 0.29) is 18.5 Å². The van der Waals surface area contributed by atoms with Crippen molar-refractivity contribution in [2.24, 2.45) is 5.92 Å². The monoisotopic (exact) mass is 263 g/mol. The molecule has 2 aromatic rings. The van der Waals surface area contributed by atoms with E-state index in [4.69, 9.17) is 0 Å².